The van der Waals surface area contributed by atoms with Crippen LogP contribution in [0.15, 0.2) is 18.2 Å². The summed E-state index contributed by atoms with van der Waals surface area (Å²) in [6, 6.07) is 2.72. The monoisotopic (exact) mass is 306 g/mol. The minimum Gasteiger partial charge on any atom is -0.380 e. The molecule has 1 aromatic carbocycles. The van der Waals surface area contributed by atoms with Crippen molar-refractivity contribution in [3.8, 4) is 0 Å². The normalized spacial score (nSPS) is 19.3. The quantitative estimate of drug-likeness (QED) is 0.872. The number of ether oxygens (including phenoxy) is 1. The van der Waals surface area contributed by atoms with Crippen molar-refractivity contribution in [2.45, 2.75) is 18.6 Å². The lowest BCUT2D eigenvalue weighted by atomic mass is 10.0. The van der Waals surface area contributed by atoms with Gasteiger partial charge in [0, 0.05) is 32.3 Å². The second kappa shape index (κ2) is 6.72. The minimum atomic E-state index is -4.71. The molecule has 1 unspecified atom stereocenters. The molecule has 0 spiro atoms. The lowest BCUT2D eigenvalue weighted by Gasteiger charge is -2.30. The molecule has 2 N–H and O–H groups in total. The van der Waals surface area contributed by atoms with Crippen LogP contribution in [0.2, 0.25) is 0 Å². The first-order valence-corrected chi connectivity index (χ1v) is 6.82. The van der Waals surface area contributed by atoms with Crippen molar-refractivity contribution in [1.82, 2.24) is 4.90 Å². The van der Waals surface area contributed by atoms with Gasteiger partial charge in [-0.15, -0.1) is 0 Å². The number of halogens is 4. The van der Waals surface area contributed by atoms with Gasteiger partial charge in [0.15, 0.2) is 0 Å². The van der Waals surface area contributed by atoms with Crippen molar-refractivity contribution in [3.63, 3.8) is 0 Å². The van der Waals surface area contributed by atoms with Gasteiger partial charge >= 0.3 is 6.18 Å². The lowest BCUT2D eigenvalue weighted by molar-refractivity contribution is -0.140. The van der Waals surface area contributed by atoms with Gasteiger partial charge in [0.2, 0.25) is 0 Å². The first kappa shape index (κ1) is 16.2. The number of benzene rings is 1. The number of alkyl halides is 3. The SMILES string of the molecule is NCC(c1ccc(F)c(C(F)(F)F)c1)N1CCCOCC1. The van der Waals surface area contributed by atoms with Crippen molar-refractivity contribution in [2.24, 2.45) is 5.73 Å². The van der Waals surface area contributed by atoms with E-state index in [4.69, 9.17) is 10.5 Å². The Labute approximate surface area is 120 Å². The maximum Gasteiger partial charge on any atom is 0.419 e. The number of hydrogen-bond donors (Lipinski definition) is 1. The van der Waals surface area contributed by atoms with E-state index in [2.05, 4.69) is 0 Å². The van der Waals surface area contributed by atoms with E-state index in [0.717, 1.165) is 18.6 Å². The largest absolute Gasteiger partial charge is 0.419 e. The molecule has 7 heteroatoms. The average molecular weight is 306 g/mol. The van der Waals surface area contributed by atoms with Gasteiger partial charge in [0.1, 0.15) is 5.82 Å². The van der Waals surface area contributed by atoms with Gasteiger partial charge in [-0.05, 0) is 24.1 Å². The highest BCUT2D eigenvalue weighted by Crippen LogP contribution is 2.34. The molecule has 1 saturated heterocycles. The molecule has 0 amide bonds. The third-order valence-corrected chi connectivity index (χ3v) is 3.60. The molecule has 1 aliphatic rings. The number of nitrogens with zero attached hydrogens (tertiary/aromatic N) is 1. The van der Waals surface area contributed by atoms with Gasteiger partial charge in [-0.25, -0.2) is 4.39 Å². The molecule has 0 radical (unpaired) electrons. The average Bonchev–Trinajstić information content (AvgIpc) is 2.69. The van der Waals surface area contributed by atoms with Crippen LogP contribution in [0.25, 0.3) is 0 Å². The van der Waals surface area contributed by atoms with E-state index < -0.39 is 17.6 Å². The molecular formula is C14H18F4N2O. The summed E-state index contributed by atoms with van der Waals surface area (Å²) in [5.74, 6) is -1.26. The Balaban J connectivity index is 2.29. The van der Waals surface area contributed by atoms with Crippen molar-refractivity contribution >= 4 is 0 Å². The summed E-state index contributed by atoms with van der Waals surface area (Å²) in [5.41, 5.74) is 4.86. The van der Waals surface area contributed by atoms with Crippen LogP contribution in [0.1, 0.15) is 23.6 Å². The highest BCUT2D eigenvalue weighted by Gasteiger charge is 2.35. The first-order valence-electron chi connectivity index (χ1n) is 6.82. The molecule has 1 atom stereocenters. The fourth-order valence-electron chi connectivity index (χ4n) is 2.54. The van der Waals surface area contributed by atoms with Gasteiger partial charge < -0.3 is 10.5 Å². The second-order valence-corrected chi connectivity index (χ2v) is 4.99. The fraction of sp³-hybridized carbons (Fsp3) is 0.571. The molecule has 2 rings (SSSR count). The molecule has 0 aliphatic carbocycles. The van der Waals surface area contributed by atoms with Crippen molar-refractivity contribution in [1.29, 1.82) is 0 Å². The van der Waals surface area contributed by atoms with Crippen molar-refractivity contribution in [2.75, 3.05) is 32.8 Å². The van der Waals surface area contributed by atoms with Crippen LogP contribution in [0.5, 0.6) is 0 Å². The molecule has 1 aliphatic heterocycles. The maximum absolute atomic E-state index is 13.4. The Morgan fingerprint density at radius 2 is 2.00 bits per heavy atom. The summed E-state index contributed by atoms with van der Waals surface area (Å²) < 4.78 is 57.1. The highest BCUT2D eigenvalue weighted by molar-refractivity contribution is 5.29. The fourth-order valence-corrected chi connectivity index (χ4v) is 2.54. The zero-order valence-electron chi connectivity index (χ0n) is 11.5. The number of hydrogen-bond acceptors (Lipinski definition) is 3. The lowest BCUT2D eigenvalue weighted by Crippen LogP contribution is -2.35. The Kier molecular flexibility index (Phi) is 5.18. The van der Waals surface area contributed by atoms with E-state index in [1.165, 1.54) is 6.07 Å². The van der Waals surface area contributed by atoms with E-state index in [9.17, 15) is 17.6 Å². The molecule has 0 saturated carbocycles. The molecule has 21 heavy (non-hydrogen) atoms. The van der Waals surface area contributed by atoms with E-state index in [0.29, 0.717) is 31.9 Å². The smallest absolute Gasteiger partial charge is 0.380 e. The minimum absolute atomic E-state index is 0.170. The summed E-state index contributed by atoms with van der Waals surface area (Å²) in [4.78, 5) is 1.99. The van der Waals surface area contributed by atoms with Crippen LogP contribution < -0.4 is 5.73 Å². The van der Waals surface area contributed by atoms with Gasteiger partial charge in [-0.3, -0.25) is 4.90 Å². The van der Waals surface area contributed by atoms with Gasteiger partial charge in [0.25, 0.3) is 0 Å². The molecule has 3 nitrogen and oxygen atoms in total. The standard InChI is InChI=1S/C14H18F4N2O/c15-12-3-2-10(8-11(12)14(16,17)18)13(9-19)20-4-1-6-21-7-5-20/h2-3,8,13H,1,4-7,9,19H2. The van der Waals surface area contributed by atoms with Crippen LogP contribution in [0.3, 0.4) is 0 Å². The zero-order chi connectivity index (χ0) is 15.5. The molecule has 1 heterocycles. The van der Waals surface area contributed by atoms with Crippen molar-refractivity contribution < 1.29 is 22.3 Å². The summed E-state index contributed by atoms with van der Waals surface area (Å²) >= 11 is 0. The van der Waals surface area contributed by atoms with Crippen LogP contribution in [-0.4, -0.2) is 37.7 Å². The molecule has 1 fully saturated rings. The summed E-state index contributed by atoms with van der Waals surface area (Å²) in [6.07, 6.45) is -3.91. The van der Waals surface area contributed by atoms with Crippen LogP contribution in [-0.2, 0) is 10.9 Å². The van der Waals surface area contributed by atoms with Crippen LogP contribution in [0.4, 0.5) is 17.6 Å². The summed E-state index contributed by atoms with van der Waals surface area (Å²) in [7, 11) is 0. The molecule has 0 aromatic heterocycles. The third kappa shape index (κ3) is 3.93. The molecule has 118 valence electrons. The molecular weight excluding hydrogens is 288 g/mol. The first-order chi connectivity index (χ1) is 9.93. The Hall–Kier alpha value is -1.18. The van der Waals surface area contributed by atoms with E-state index >= 15 is 0 Å². The van der Waals surface area contributed by atoms with Crippen molar-refractivity contribution in [3.05, 3.63) is 35.1 Å². The molecule has 0 bridgehead atoms. The summed E-state index contributed by atoms with van der Waals surface area (Å²) in [6.45, 7) is 2.61. The Bertz CT molecular complexity index is 471. The maximum atomic E-state index is 13.4. The molecule has 1 aromatic rings. The topological polar surface area (TPSA) is 38.5 Å². The Morgan fingerprint density at radius 3 is 2.67 bits per heavy atom. The Morgan fingerprint density at radius 1 is 1.24 bits per heavy atom. The van der Waals surface area contributed by atoms with E-state index in [1.54, 1.807) is 0 Å². The van der Waals surface area contributed by atoms with E-state index in [-0.39, 0.29) is 12.6 Å². The van der Waals surface area contributed by atoms with E-state index in [1.807, 2.05) is 4.90 Å². The third-order valence-electron chi connectivity index (χ3n) is 3.60. The predicted octanol–water partition coefficient (Wildman–Crippen LogP) is 2.57. The van der Waals surface area contributed by atoms with Gasteiger partial charge in [-0.2, -0.15) is 13.2 Å². The van der Waals surface area contributed by atoms with Gasteiger partial charge in [-0.1, -0.05) is 6.07 Å². The second-order valence-electron chi connectivity index (χ2n) is 4.99. The highest BCUT2D eigenvalue weighted by atomic mass is 19.4. The van der Waals surface area contributed by atoms with Gasteiger partial charge in [0.05, 0.1) is 12.2 Å². The van der Waals surface area contributed by atoms with Crippen LogP contribution >= 0.6 is 0 Å². The summed E-state index contributed by atoms with van der Waals surface area (Å²) in [5, 5.41) is 0. The predicted molar refractivity (Wildman–Crippen MR) is 70.2 cm³/mol. The number of rotatable bonds is 3. The number of nitrogens with two attached hydrogens (primary N) is 1. The zero-order valence-corrected chi connectivity index (χ0v) is 11.5. The van der Waals surface area contributed by atoms with Crippen LogP contribution in [0, 0.1) is 5.82 Å².